The van der Waals surface area contributed by atoms with Crippen molar-refractivity contribution in [2.24, 2.45) is 0 Å². The number of anilines is 1. The number of hydrogen-bond acceptors (Lipinski definition) is 4. The van der Waals surface area contributed by atoms with E-state index in [4.69, 9.17) is 9.72 Å². The average Bonchev–Trinajstić information content (AvgIpc) is 2.86. The van der Waals surface area contributed by atoms with Crippen molar-refractivity contribution in [3.63, 3.8) is 0 Å². The molecular weight excluding hydrogens is 420 g/mol. The molecule has 0 amide bonds. The zero-order valence-corrected chi connectivity index (χ0v) is 20.2. The van der Waals surface area contributed by atoms with Crippen LogP contribution in [-0.4, -0.2) is 30.4 Å². The maximum Gasteiger partial charge on any atom is 0.128 e. The molecule has 4 nitrogen and oxygen atoms in total. The van der Waals surface area contributed by atoms with Gasteiger partial charge in [0.1, 0.15) is 5.75 Å². The van der Waals surface area contributed by atoms with Gasteiger partial charge in [0.05, 0.1) is 31.1 Å². The van der Waals surface area contributed by atoms with Gasteiger partial charge in [-0.3, -0.25) is 4.98 Å². The van der Waals surface area contributed by atoms with Gasteiger partial charge in [-0.1, -0.05) is 54.6 Å². The Hall–Kier alpha value is -3.37. The summed E-state index contributed by atoms with van der Waals surface area (Å²) >= 11 is 0. The van der Waals surface area contributed by atoms with E-state index in [1.165, 1.54) is 27.5 Å². The van der Waals surface area contributed by atoms with E-state index in [0.29, 0.717) is 6.54 Å². The summed E-state index contributed by atoms with van der Waals surface area (Å²) in [6.45, 7) is 4.93. The molecule has 0 spiro atoms. The Morgan fingerprint density at radius 1 is 1.00 bits per heavy atom. The molecule has 3 aromatic carbocycles. The number of benzene rings is 3. The number of aliphatic hydroxyl groups excluding tert-OH is 1. The summed E-state index contributed by atoms with van der Waals surface area (Å²) in [6, 6.07) is 23.4. The van der Waals surface area contributed by atoms with Crippen molar-refractivity contribution >= 4 is 16.5 Å². The standard InChI is InChI=1S/C30H32N2O2/c1-20-9-6-10-21(2)29(20)25-19-28(34-3)30-24(31-25)14-8-16-27(30)32(17-18-33)26-15-7-12-22-11-4-5-13-23(22)26/h4-7,9-13,15,19,27,33H,8,14,16-18H2,1-3H3. The Balaban J connectivity index is 1.66. The van der Waals surface area contributed by atoms with Crippen LogP contribution in [0.25, 0.3) is 22.0 Å². The van der Waals surface area contributed by atoms with E-state index in [1.807, 2.05) is 0 Å². The summed E-state index contributed by atoms with van der Waals surface area (Å²) in [5.41, 5.74) is 8.02. The zero-order chi connectivity index (χ0) is 23.7. The first-order valence-electron chi connectivity index (χ1n) is 12.1. The minimum absolute atomic E-state index is 0.0886. The quantitative estimate of drug-likeness (QED) is 0.367. The molecule has 1 aliphatic carbocycles. The van der Waals surface area contributed by atoms with Gasteiger partial charge in [0.15, 0.2) is 0 Å². The fourth-order valence-corrected chi connectivity index (χ4v) is 5.57. The summed E-state index contributed by atoms with van der Waals surface area (Å²) in [4.78, 5) is 7.54. The highest BCUT2D eigenvalue weighted by molar-refractivity contribution is 5.94. The number of fused-ring (bicyclic) bond motifs is 2. The number of pyridine rings is 1. The van der Waals surface area contributed by atoms with Crippen LogP contribution in [0.15, 0.2) is 66.7 Å². The zero-order valence-electron chi connectivity index (χ0n) is 20.2. The van der Waals surface area contributed by atoms with Crippen molar-refractivity contribution in [3.05, 3.63) is 89.1 Å². The van der Waals surface area contributed by atoms with E-state index >= 15 is 0 Å². The smallest absolute Gasteiger partial charge is 0.128 e. The molecule has 1 aliphatic rings. The predicted octanol–water partition coefficient (Wildman–Crippen LogP) is 6.40. The van der Waals surface area contributed by atoms with Crippen molar-refractivity contribution < 1.29 is 9.84 Å². The number of nitrogens with zero attached hydrogens (tertiary/aromatic N) is 2. The normalized spacial score (nSPS) is 15.2. The maximum atomic E-state index is 10.0. The first-order chi connectivity index (χ1) is 16.6. The van der Waals surface area contributed by atoms with Gasteiger partial charge in [-0.25, -0.2) is 0 Å². The Bertz CT molecular complexity index is 1290. The SMILES string of the molecule is COc1cc(-c2c(C)cccc2C)nc2c1C(N(CCO)c1cccc3ccccc13)CCC2. The first kappa shape index (κ1) is 22.4. The minimum Gasteiger partial charge on any atom is -0.496 e. The number of methoxy groups -OCH3 is 1. The average molecular weight is 453 g/mol. The largest absolute Gasteiger partial charge is 0.496 e. The Morgan fingerprint density at radius 2 is 1.74 bits per heavy atom. The van der Waals surface area contributed by atoms with Crippen LogP contribution >= 0.6 is 0 Å². The Morgan fingerprint density at radius 3 is 2.50 bits per heavy atom. The topological polar surface area (TPSA) is 45.6 Å². The molecule has 1 N–H and O–H groups in total. The van der Waals surface area contributed by atoms with Crippen molar-refractivity contribution in [3.8, 4) is 17.0 Å². The molecule has 0 bridgehead atoms. The van der Waals surface area contributed by atoms with Gasteiger partial charge >= 0.3 is 0 Å². The predicted molar refractivity (Wildman–Crippen MR) is 140 cm³/mol. The molecule has 1 aromatic heterocycles. The van der Waals surface area contributed by atoms with E-state index in [0.717, 1.165) is 47.7 Å². The van der Waals surface area contributed by atoms with Crippen LogP contribution in [-0.2, 0) is 6.42 Å². The number of ether oxygens (including phenoxy) is 1. The van der Waals surface area contributed by atoms with E-state index < -0.39 is 0 Å². The van der Waals surface area contributed by atoms with Gasteiger partial charge in [0.25, 0.3) is 0 Å². The van der Waals surface area contributed by atoms with Crippen molar-refractivity contribution in [2.75, 3.05) is 25.2 Å². The third-order valence-electron chi connectivity index (χ3n) is 7.07. The Kier molecular flexibility index (Phi) is 6.25. The number of aromatic nitrogens is 1. The molecule has 5 rings (SSSR count). The van der Waals surface area contributed by atoms with E-state index in [9.17, 15) is 5.11 Å². The lowest BCUT2D eigenvalue weighted by atomic mass is 9.87. The molecule has 4 aromatic rings. The molecule has 1 atom stereocenters. The highest BCUT2D eigenvalue weighted by Crippen LogP contribution is 2.44. The van der Waals surface area contributed by atoms with Crippen LogP contribution in [0, 0.1) is 13.8 Å². The van der Waals surface area contributed by atoms with Gasteiger partial charge in [0, 0.05) is 34.8 Å². The summed E-state index contributed by atoms with van der Waals surface area (Å²) in [5, 5.41) is 12.4. The summed E-state index contributed by atoms with van der Waals surface area (Å²) < 4.78 is 6.01. The molecule has 174 valence electrons. The highest BCUT2D eigenvalue weighted by Gasteiger charge is 2.31. The molecule has 0 fully saturated rings. The van der Waals surface area contributed by atoms with Crippen molar-refractivity contribution in [1.82, 2.24) is 4.98 Å². The number of aliphatic hydroxyl groups is 1. The maximum absolute atomic E-state index is 10.0. The molecule has 34 heavy (non-hydrogen) atoms. The van der Waals surface area contributed by atoms with Gasteiger partial charge in [-0.05, 0) is 55.7 Å². The van der Waals surface area contributed by atoms with Crippen molar-refractivity contribution in [2.45, 2.75) is 39.2 Å². The second-order valence-electron chi connectivity index (χ2n) is 9.16. The third kappa shape index (κ3) is 3.92. The Labute approximate surface area is 201 Å². The highest BCUT2D eigenvalue weighted by atomic mass is 16.5. The van der Waals surface area contributed by atoms with E-state index in [2.05, 4.69) is 85.5 Å². The van der Waals surface area contributed by atoms with Gasteiger partial charge < -0.3 is 14.7 Å². The fourth-order valence-electron chi connectivity index (χ4n) is 5.57. The van der Waals surface area contributed by atoms with Crippen molar-refractivity contribution in [1.29, 1.82) is 0 Å². The molecule has 1 heterocycles. The lowest BCUT2D eigenvalue weighted by Gasteiger charge is -2.38. The van der Waals surface area contributed by atoms with Crippen LogP contribution in [0.5, 0.6) is 5.75 Å². The van der Waals surface area contributed by atoms with Crippen LogP contribution in [0.3, 0.4) is 0 Å². The summed E-state index contributed by atoms with van der Waals surface area (Å²) in [6.07, 6.45) is 2.98. The van der Waals surface area contributed by atoms with E-state index in [1.54, 1.807) is 7.11 Å². The molecule has 4 heteroatoms. The third-order valence-corrected chi connectivity index (χ3v) is 7.07. The second-order valence-corrected chi connectivity index (χ2v) is 9.16. The van der Waals surface area contributed by atoms with E-state index in [-0.39, 0.29) is 12.6 Å². The molecule has 0 aliphatic heterocycles. The number of aryl methyl sites for hydroxylation is 3. The summed E-state index contributed by atoms with van der Waals surface area (Å²) in [7, 11) is 1.75. The minimum atomic E-state index is 0.0886. The molecule has 0 saturated carbocycles. The lowest BCUT2D eigenvalue weighted by molar-refractivity contribution is 0.294. The number of hydrogen-bond donors (Lipinski definition) is 1. The van der Waals surface area contributed by atoms with Crippen LogP contribution in [0.4, 0.5) is 5.69 Å². The van der Waals surface area contributed by atoms with Crippen LogP contribution in [0.2, 0.25) is 0 Å². The number of rotatable bonds is 6. The monoisotopic (exact) mass is 452 g/mol. The van der Waals surface area contributed by atoms with Crippen LogP contribution in [0.1, 0.15) is 41.3 Å². The molecule has 0 saturated heterocycles. The second kappa shape index (κ2) is 9.47. The molecular formula is C30H32N2O2. The van der Waals surface area contributed by atoms with Gasteiger partial charge in [0.2, 0.25) is 0 Å². The first-order valence-corrected chi connectivity index (χ1v) is 12.1. The molecule has 0 radical (unpaired) electrons. The van der Waals surface area contributed by atoms with Gasteiger partial charge in [-0.2, -0.15) is 0 Å². The van der Waals surface area contributed by atoms with Gasteiger partial charge in [-0.15, -0.1) is 0 Å². The van der Waals surface area contributed by atoms with Crippen LogP contribution < -0.4 is 9.64 Å². The fraction of sp³-hybridized carbons (Fsp3) is 0.300. The lowest BCUT2D eigenvalue weighted by Crippen LogP contribution is -2.34. The molecule has 1 unspecified atom stereocenters. The summed E-state index contributed by atoms with van der Waals surface area (Å²) in [5.74, 6) is 0.885.